The average molecular weight is 319 g/mol. The van der Waals surface area contributed by atoms with E-state index in [2.05, 4.69) is 11.9 Å². The zero-order chi connectivity index (χ0) is 16.7. The van der Waals surface area contributed by atoms with Crippen LogP contribution in [0.25, 0.3) is 0 Å². The molecule has 1 fully saturated rings. The van der Waals surface area contributed by atoms with E-state index in [0.717, 1.165) is 48.3 Å². The topological polar surface area (TPSA) is 50.7 Å². The van der Waals surface area contributed by atoms with Crippen LogP contribution in [0.4, 0.5) is 0 Å². The number of benzene rings is 1. The van der Waals surface area contributed by atoms with E-state index in [9.17, 15) is 5.11 Å². The van der Waals surface area contributed by atoms with Gasteiger partial charge in [0.15, 0.2) is 11.5 Å². The molecule has 2 N–H and O–H groups in total. The zero-order valence-electron chi connectivity index (χ0n) is 14.4. The van der Waals surface area contributed by atoms with Crippen molar-refractivity contribution in [3.63, 3.8) is 0 Å². The Morgan fingerprint density at radius 3 is 2.65 bits per heavy atom. The Morgan fingerprint density at radius 2 is 2.00 bits per heavy atom. The van der Waals surface area contributed by atoms with Gasteiger partial charge in [-0.05, 0) is 43.0 Å². The van der Waals surface area contributed by atoms with Crippen molar-refractivity contribution in [1.29, 1.82) is 0 Å². The fourth-order valence-corrected chi connectivity index (χ4v) is 2.97. The third kappa shape index (κ3) is 5.56. The maximum atomic E-state index is 10.5. The van der Waals surface area contributed by atoms with Gasteiger partial charge in [-0.15, -0.1) is 0 Å². The van der Waals surface area contributed by atoms with Crippen LogP contribution in [0.3, 0.4) is 0 Å². The summed E-state index contributed by atoms with van der Waals surface area (Å²) in [7, 11) is 1.64. The first-order valence-corrected chi connectivity index (χ1v) is 8.40. The summed E-state index contributed by atoms with van der Waals surface area (Å²) in [4.78, 5) is 0. The molecular formula is C19H29NO3. The van der Waals surface area contributed by atoms with E-state index in [4.69, 9.17) is 9.47 Å². The molecule has 0 aliphatic heterocycles. The van der Waals surface area contributed by atoms with Gasteiger partial charge >= 0.3 is 0 Å². The second-order valence-corrected chi connectivity index (χ2v) is 6.62. The molecule has 1 aromatic carbocycles. The first kappa shape index (κ1) is 17.8. The van der Waals surface area contributed by atoms with Crippen molar-refractivity contribution in [1.82, 2.24) is 5.32 Å². The Morgan fingerprint density at radius 1 is 1.26 bits per heavy atom. The van der Waals surface area contributed by atoms with Crippen LogP contribution >= 0.6 is 0 Å². The van der Waals surface area contributed by atoms with Crippen molar-refractivity contribution >= 4 is 0 Å². The summed E-state index contributed by atoms with van der Waals surface area (Å²) in [6.07, 6.45) is 5.29. The van der Waals surface area contributed by atoms with Gasteiger partial charge < -0.3 is 19.9 Å². The third-order valence-electron chi connectivity index (χ3n) is 4.27. The molecule has 0 bridgehead atoms. The summed E-state index contributed by atoms with van der Waals surface area (Å²) < 4.78 is 11.1. The second-order valence-electron chi connectivity index (χ2n) is 6.62. The lowest BCUT2D eigenvalue weighted by Crippen LogP contribution is -2.41. The van der Waals surface area contributed by atoms with Crippen LogP contribution in [0.15, 0.2) is 30.4 Å². The van der Waals surface area contributed by atoms with Crippen molar-refractivity contribution in [3.05, 3.63) is 35.9 Å². The summed E-state index contributed by atoms with van der Waals surface area (Å²) in [5.74, 6) is 1.45. The van der Waals surface area contributed by atoms with Crippen LogP contribution in [0, 0.1) is 0 Å². The van der Waals surface area contributed by atoms with E-state index in [-0.39, 0.29) is 0 Å². The molecule has 2 rings (SSSR count). The quantitative estimate of drug-likeness (QED) is 0.721. The van der Waals surface area contributed by atoms with E-state index >= 15 is 0 Å². The minimum absolute atomic E-state index is 0.479. The molecule has 0 unspecified atom stereocenters. The van der Waals surface area contributed by atoms with Gasteiger partial charge in [0.1, 0.15) is 6.61 Å². The molecule has 0 atom stereocenters. The number of methoxy groups -OCH3 is 1. The highest BCUT2D eigenvalue weighted by Gasteiger charge is 2.28. The Bertz CT molecular complexity index is 521. The predicted octanol–water partition coefficient (Wildman–Crippen LogP) is 3.43. The SMILES string of the molecule is C=C(C)COc1cc(CNCC2(O)CCCCC2)ccc1OC. The first-order chi connectivity index (χ1) is 11.0. The Balaban J connectivity index is 1.91. The minimum Gasteiger partial charge on any atom is -0.493 e. The van der Waals surface area contributed by atoms with Gasteiger partial charge in [0.2, 0.25) is 0 Å². The Hall–Kier alpha value is -1.52. The fraction of sp³-hybridized carbons (Fsp3) is 0.579. The standard InChI is InChI=1S/C19H29NO3/c1-15(2)13-23-18-11-16(7-8-17(18)22-3)12-20-14-19(21)9-5-4-6-10-19/h7-8,11,20-21H,1,4-6,9-10,12-14H2,2-3H3. The van der Waals surface area contributed by atoms with Gasteiger partial charge in [0.25, 0.3) is 0 Å². The van der Waals surface area contributed by atoms with Crippen LogP contribution < -0.4 is 14.8 Å². The number of aliphatic hydroxyl groups is 1. The van der Waals surface area contributed by atoms with Crippen LogP contribution in [0.2, 0.25) is 0 Å². The van der Waals surface area contributed by atoms with Gasteiger partial charge in [-0.1, -0.05) is 31.9 Å². The molecule has 4 heteroatoms. The molecule has 23 heavy (non-hydrogen) atoms. The lowest BCUT2D eigenvalue weighted by Gasteiger charge is -2.32. The lowest BCUT2D eigenvalue weighted by molar-refractivity contribution is 0.00467. The molecule has 0 amide bonds. The monoisotopic (exact) mass is 319 g/mol. The summed E-state index contributed by atoms with van der Waals surface area (Å²) in [5.41, 5.74) is 1.54. The molecule has 128 valence electrons. The summed E-state index contributed by atoms with van der Waals surface area (Å²) in [6, 6.07) is 5.92. The molecule has 0 heterocycles. The number of nitrogens with one attached hydrogen (secondary N) is 1. The second kappa shape index (κ2) is 8.37. The van der Waals surface area contributed by atoms with Crippen LogP contribution in [-0.2, 0) is 6.54 Å². The third-order valence-corrected chi connectivity index (χ3v) is 4.27. The molecule has 0 aromatic heterocycles. The van der Waals surface area contributed by atoms with Crippen molar-refractivity contribution < 1.29 is 14.6 Å². The number of hydrogen-bond donors (Lipinski definition) is 2. The highest BCUT2D eigenvalue weighted by Crippen LogP contribution is 2.29. The fourth-order valence-electron chi connectivity index (χ4n) is 2.97. The first-order valence-electron chi connectivity index (χ1n) is 8.40. The van der Waals surface area contributed by atoms with E-state index in [1.165, 1.54) is 6.42 Å². The normalized spacial score (nSPS) is 16.8. The van der Waals surface area contributed by atoms with Crippen LogP contribution in [0.5, 0.6) is 11.5 Å². The molecule has 1 saturated carbocycles. The molecule has 0 spiro atoms. The predicted molar refractivity (Wildman–Crippen MR) is 93.0 cm³/mol. The van der Waals surface area contributed by atoms with Crippen molar-refractivity contribution in [2.75, 3.05) is 20.3 Å². The highest BCUT2D eigenvalue weighted by molar-refractivity contribution is 5.43. The smallest absolute Gasteiger partial charge is 0.161 e. The van der Waals surface area contributed by atoms with Gasteiger partial charge in [-0.25, -0.2) is 0 Å². The molecule has 1 aromatic rings. The van der Waals surface area contributed by atoms with Gasteiger partial charge in [-0.2, -0.15) is 0 Å². The van der Waals surface area contributed by atoms with Gasteiger partial charge in [0, 0.05) is 13.1 Å². The Kier molecular flexibility index (Phi) is 6.48. The summed E-state index contributed by atoms with van der Waals surface area (Å²) >= 11 is 0. The van der Waals surface area contributed by atoms with Crippen molar-refractivity contribution in [3.8, 4) is 11.5 Å². The maximum absolute atomic E-state index is 10.5. The van der Waals surface area contributed by atoms with Crippen LogP contribution in [-0.4, -0.2) is 31.0 Å². The van der Waals surface area contributed by atoms with E-state index in [1.807, 2.05) is 25.1 Å². The van der Waals surface area contributed by atoms with Crippen molar-refractivity contribution in [2.24, 2.45) is 0 Å². The average Bonchev–Trinajstić information content (AvgIpc) is 2.53. The molecule has 1 aliphatic rings. The number of hydrogen-bond acceptors (Lipinski definition) is 4. The number of rotatable bonds is 8. The molecule has 1 aliphatic carbocycles. The molecule has 0 saturated heterocycles. The highest BCUT2D eigenvalue weighted by atomic mass is 16.5. The molecule has 0 radical (unpaired) electrons. The maximum Gasteiger partial charge on any atom is 0.161 e. The summed E-state index contributed by atoms with van der Waals surface area (Å²) in [5, 5.41) is 13.9. The minimum atomic E-state index is -0.538. The molecular weight excluding hydrogens is 290 g/mol. The molecule has 4 nitrogen and oxygen atoms in total. The Labute approximate surface area is 139 Å². The van der Waals surface area contributed by atoms with E-state index in [1.54, 1.807) is 7.11 Å². The van der Waals surface area contributed by atoms with E-state index in [0.29, 0.717) is 19.7 Å². The lowest BCUT2D eigenvalue weighted by atomic mass is 9.85. The van der Waals surface area contributed by atoms with Crippen molar-refractivity contribution in [2.45, 2.75) is 51.2 Å². The summed E-state index contributed by atoms with van der Waals surface area (Å²) in [6.45, 7) is 7.61. The van der Waals surface area contributed by atoms with E-state index < -0.39 is 5.60 Å². The largest absolute Gasteiger partial charge is 0.493 e. The number of ether oxygens (including phenoxy) is 2. The van der Waals surface area contributed by atoms with Gasteiger partial charge in [-0.3, -0.25) is 0 Å². The van der Waals surface area contributed by atoms with Crippen LogP contribution in [0.1, 0.15) is 44.6 Å². The van der Waals surface area contributed by atoms with Gasteiger partial charge in [0.05, 0.1) is 12.7 Å². The zero-order valence-corrected chi connectivity index (χ0v) is 14.4.